The quantitative estimate of drug-likeness (QED) is 0.251. The van der Waals surface area contributed by atoms with Crippen molar-refractivity contribution in [3.05, 3.63) is 83.7 Å². The fraction of sp³-hybridized carbons (Fsp3) is 0.300. The highest BCUT2D eigenvalue weighted by Crippen LogP contribution is 2.32. The number of carbonyl (C=O) groups excluding carboxylic acids is 1. The Labute approximate surface area is 234 Å². The largest absolute Gasteiger partial charge is 0.360 e. The second-order valence-electron chi connectivity index (χ2n) is 10.1. The molecular formula is C30H34ClN7O. The van der Waals surface area contributed by atoms with E-state index in [4.69, 9.17) is 16.6 Å². The van der Waals surface area contributed by atoms with Crippen molar-refractivity contribution >= 4 is 40.0 Å². The van der Waals surface area contributed by atoms with Gasteiger partial charge in [-0.3, -0.25) is 4.79 Å². The van der Waals surface area contributed by atoms with E-state index >= 15 is 0 Å². The number of aromatic nitrogens is 3. The van der Waals surface area contributed by atoms with Gasteiger partial charge in [-0.1, -0.05) is 48.0 Å². The van der Waals surface area contributed by atoms with Crippen LogP contribution >= 0.6 is 11.6 Å². The van der Waals surface area contributed by atoms with Gasteiger partial charge in [-0.05, 0) is 50.7 Å². The first-order chi connectivity index (χ1) is 19.0. The number of carbonyl (C=O) groups is 1. The number of para-hydroxylation sites is 1. The van der Waals surface area contributed by atoms with Crippen LogP contribution in [0.5, 0.6) is 0 Å². The lowest BCUT2D eigenvalue weighted by atomic mass is 10.0. The van der Waals surface area contributed by atoms with E-state index in [2.05, 4.69) is 32.7 Å². The molecule has 1 fully saturated rings. The standard InChI is InChI=1S/C30H34ClN7O/c1-37(2)15-6-10-28(39)38-16-5-7-23(20-38)32-17-21-11-13-22(14-12-21)35-30-34-19-26(31)29(36-30)25-18-33-27-9-4-3-8-24(25)27/h3-4,6,8-14,18-19,23,32-33H,5,7,15-17,20H2,1-2H3,(H,34,35,36)/t23-/m1/s1. The van der Waals surface area contributed by atoms with Crippen molar-refractivity contribution in [2.75, 3.05) is 39.0 Å². The summed E-state index contributed by atoms with van der Waals surface area (Å²) in [7, 11) is 3.98. The molecule has 1 atom stereocenters. The number of hydrogen-bond acceptors (Lipinski definition) is 6. The zero-order chi connectivity index (χ0) is 27.2. The first-order valence-corrected chi connectivity index (χ1v) is 13.6. The van der Waals surface area contributed by atoms with E-state index in [-0.39, 0.29) is 11.9 Å². The van der Waals surface area contributed by atoms with Crippen LogP contribution in [0.25, 0.3) is 22.2 Å². The number of likely N-dealkylation sites (tertiary alicyclic amines) is 1. The number of amides is 1. The normalized spacial score (nSPS) is 15.9. The van der Waals surface area contributed by atoms with Crippen molar-refractivity contribution < 1.29 is 4.79 Å². The molecule has 0 aliphatic carbocycles. The molecule has 1 saturated heterocycles. The molecule has 5 rings (SSSR count). The molecular weight excluding hydrogens is 510 g/mol. The fourth-order valence-corrected chi connectivity index (χ4v) is 4.99. The Balaban J connectivity index is 1.17. The minimum Gasteiger partial charge on any atom is -0.360 e. The zero-order valence-electron chi connectivity index (χ0n) is 22.3. The highest BCUT2D eigenvalue weighted by Gasteiger charge is 2.22. The zero-order valence-corrected chi connectivity index (χ0v) is 23.1. The highest BCUT2D eigenvalue weighted by atomic mass is 35.5. The van der Waals surface area contributed by atoms with E-state index in [0.29, 0.717) is 16.7 Å². The minimum atomic E-state index is 0.0936. The van der Waals surface area contributed by atoms with Crippen molar-refractivity contribution in [2.24, 2.45) is 0 Å². The van der Waals surface area contributed by atoms with Gasteiger partial charge in [-0.15, -0.1) is 0 Å². The van der Waals surface area contributed by atoms with Gasteiger partial charge in [0.1, 0.15) is 0 Å². The second-order valence-corrected chi connectivity index (χ2v) is 10.5. The van der Waals surface area contributed by atoms with Gasteiger partial charge in [0, 0.05) is 66.6 Å². The van der Waals surface area contributed by atoms with Crippen LogP contribution in [0.2, 0.25) is 5.02 Å². The molecule has 0 radical (unpaired) electrons. The lowest BCUT2D eigenvalue weighted by molar-refractivity contribution is -0.127. The number of benzene rings is 2. The van der Waals surface area contributed by atoms with Crippen LogP contribution in [0.4, 0.5) is 11.6 Å². The maximum Gasteiger partial charge on any atom is 0.246 e. The Kier molecular flexibility index (Phi) is 8.56. The van der Waals surface area contributed by atoms with Crippen LogP contribution in [0.3, 0.4) is 0 Å². The number of rotatable bonds is 9. The molecule has 1 aliphatic heterocycles. The number of halogens is 1. The molecule has 2 aromatic heterocycles. The molecule has 4 aromatic rings. The second kappa shape index (κ2) is 12.4. The summed E-state index contributed by atoms with van der Waals surface area (Å²) >= 11 is 6.47. The van der Waals surface area contributed by atoms with Crippen LogP contribution in [0, 0.1) is 0 Å². The topological polar surface area (TPSA) is 89.2 Å². The predicted molar refractivity (Wildman–Crippen MR) is 158 cm³/mol. The lowest BCUT2D eigenvalue weighted by Gasteiger charge is -2.32. The van der Waals surface area contributed by atoms with Crippen molar-refractivity contribution in [2.45, 2.75) is 25.4 Å². The van der Waals surface area contributed by atoms with Gasteiger partial charge < -0.3 is 25.4 Å². The minimum absolute atomic E-state index is 0.0936. The van der Waals surface area contributed by atoms with Gasteiger partial charge in [-0.2, -0.15) is 0 Å². The average molecular weight is 544 g/mol. The molecule has 0 bridgehead atoms. The molecule has 3 heterocycles. The Bertz CT molecular complexity index is 1450. The van der Waals surface area contributed by atoms with Gasteiger partial charge in [-0.25, -0.2) is 9.97 Å². The van der Waals surface area contributed by atoms with E-state index < -0.39 is 0 Å². The number of piperidine rings is 1. The van der Waals surface area contributed by atoms with Gasteiger partial charge >= 0.3 is 0 Å². The van der Waals surface area contributed by atoms with E-state index in [1.165, 1.54) is 5.56 Å². The summed E-state index contributed by atoms with van der Waals surface area (Å²) < 4.78 is 0. The van der Waals surface area contributed by atoms with Crippen molar-refractivity contribution in [3.8, 4) is 11.3 Å². The molecule has 3 N–H and O–H groups in total. The van der Waals surface area contributed by atoms with E-state index in [1.807, 2.05) is 72.6 Å². The number of nitrogens with one attached hydrogen (secondary N) is 3. The molecule has 39 heavy (non-hydrogen) atoms. The molecule has 9 heteroatoms. The third kappa shape index (κ3) is 6.84. The maximum atomic E-state index is 12.5. The van der Waals surface area contributed by atoms with Crippen LogP contribution in [-0.2, 0) is 11.3 Å². The van der Waals surface area contributed by atoms with Gasteiger partial charge in [0.25, 0.3) is 0 Å². The monoisotopic (exact) mass is 543 g/mol. The van der Waals surface area contributed by atoms with E-state index in [0.717, 1.165) is 61.2 Å². The van der Waals surface area contributed by atoms with Crippen LogP contribution < -0.4 is 10.6 Å². The maximum absolute atomic E-state index is 12.5. The summed E-state index contributed by atoms with van der Waals surface area (Å²) in [4.78, 5) is 28.9. The Morgan fingerprint density at radius 1 is 1.21 bits per heavy atom. The first kappa shape index (κ1) is 26.9. The summed E-state index contributed by atoms with van der Waals surface area (Å²) in [5.41, 5.74) is 4.72. The Morgan fingerprint density at radius 2 is 2.03 bits per heavy atom. The highest BCUT2D eigenvalue weighted by molar-refractivity contribution is 6.33. The molecule has 1 aliphatic rings. The summed E-state index contributed by atoms with van der Waals surface area (Å²) in [5, 5.41) is 8.47. The lowest BCUT2D eigenvalue weighted by Crippen LogP contribution is -2.47. The van der Waals surface area contributed by atoms with Crippen LogP contribution in [-0.4, -0.2) is 70.4 Å². The van der Waals surface area contributed by atoms with Crippen LogP contribution in [0.1, 0.15) is 18.4 Å². The third-order valence-corrected chi connectivity index (χ3v) is 7.13. The summed E-state index contributed by atoms with van der Waals surface area (Å²) in [6.07, 6.45) is 9.25. The molecule has 8 nitrogen and oxygen atoms in total. The smallest absolute Gasteiger partial charge is 0.246 e. The third-order valence-electron chi connectivity index (χ3n) is 6.86. The number of nitrogens with zero attached hydrogens (tertiary/aromatic N) is 4. The Morgan fingerprint density at radius 3 is 2.85 bits per heavy atom. The number of hydrogen-bond donors (Lipinski definition) is 3. The number of likely N-dealkylation sites (N-methyl/N-ethyl adjacent to an activating group) is 1. The van der Waals surface area contributed by atoms with Gasteiger partial charge in [0.05, 0.1) is 16.9 Å². The summed E-state index contributed by atoms with van der Waals surface area (Å²) in [6.45, 7) is 3.06. The number of aromatic amines is 1. The van der Waals surface area contributed by atoms with Crippen molar-refractivity contribution in [1.29, 1.82) is 0 Å². The average Bonchev–Trinajstić information content (AvgIpc) is 3.38. The van der Waals surface area contributed by atoms with E-state index in [1.54, 1.807) is 12.3 Å². The summed E-state index contributed by atoms with van der Waals surface area (Å²) in [5.74, 6) is 0.577. The predicted octanol–water partition coefficient (Wildman–Crippen LogP) is 5.22. The Hall–Kier alpha value is -3.72. The molecule has 2 aromatic carbocycles. The first-order valence-electron chi connectivity index (χ1n) is 13.2. The number of fused-ring (bicyclic) bond motifs is 1. The number of anilines is 2. The van der Waals surface area contributed by atoms with Gasteiger partial charge in [0.15, 0.2) is 0 Å². The molecule has 0 saturated carbocycles. The fourth-order valence-electron chi connectivity index (χ4n) is 4.79. The van der Waals surface area contributed by atoms with E-state index in [9.17, 15) is 4.79 Å². The van der Waals surface area contributed by atoms with Crippen molar-refractivity contribution in [1.82, 2.24) is 30.1 Å². The van der Waals surface area contributed by atoms with Gasteiger partial charge in [0.2, 0.25) is 11.9 Å². The van der Waals surface area contributed by atoms with Crippen LogP contribution in [0.15, 0.2) is 73.1 Å². The SMILES string of the molecule is CN(C)CC=CC(=O)N1CCC[C@@H](NCc2ccc(Nc3ncc(Cl)c(-c4c[nH]c5ccccc45)n3)cc2)C1. The molecule has 0 spiro atoms. The molecule has 0 unspecified atom stereocenters. The van der Waals surface area contributed by atoms with Crippen molar-refractivity contribution in [3.63, 3.8) is 0 Å². The molecule has 1 amide bonds. The summed E-state index contributed by atoms with van der Waals surface area (Å²) in [6, 6.07) is 16.6. The molecule has 202 valence electrons. The number of H-pyrrole nitrogens is 1.